The summed E-state index contributed by atoms with van der Waals surface area (Å²) in [4.78, 5) is 41.9. The monoisotopic (exact) mass is 481 g/mol. The number of carbonyl (C=O) groups is 3. The molecule has 154 valence electrons. The number of hydrogen-bond acceptors (Lipinski definition) is 5. The average molecular weight is 483 g/mol. The van der Waals surface area contributed by atoms with Crippen LogP contribution in [0.25, 0.3) is 0 Å². The normalized spacial score (nSPS) is 10.4. The molecule has 7 nitrogen and oxygen atoms in total. The zero-order chi connectivity index (χ0) is 21.6. The van der Waals surface area contributed by atoms with Crippen LogP contribution in [0.3, 0.4) is 0 Å². The highest BCUT2D eigenvalue weighted by Gasteiger charge is 2.23. The maximum atomic E-state index is 13.0. The topological polar surface area (TPSA) is 97.4 Å². The zero-order valence-corrected chi connectivity index (χ0v) is 18.6. The number of nitrogens with one attached hydrogen (secondary N) is 2. The Kier molecular flexibility index (Phi) is 8.16. The number of methoxy groups -OCH3 is 1. The Labute approximate surface area is 182 Å². The van der Waals surface area contributed by atoms with Crippen LogP contribution in [0.4, 0.5) is 5.69 Å². The lowest BCUT2D eigenvalue weighted by Gasteiger charge is -2.15. The van der Waals surface area contributed by atoms with Crippen LogP contribution in [0.5, 0.6) is 0 Å². The molecule has 0 aliphatic carbocycles. The van der Waals surface area contributed by atoms with Gasteiger partial charge in [0, 0.05) is 22.6 Å². The third-order valence-electron chi connectivity index (χ3n) is 4.08. The Morgan fingerprint density at radius 3 is 2.52 bits per heavy atom. The highest BCUT2D eigenvalue weighted by atomic mass is 79.9. The number of benzene rings is 1. The van der Waals surface area contributed by atoms with Gasteiger partial charge in [0.25, 0.3) is 11.8 Å². The number of aryl methyl sites for hydroxylation is 2. The largest absolute Gasteiger partial charge is 0.465 e. The molecular weight excluding hydrogens is 462 g/mol. The van der Waals surface area contributed by atoms with Gasteiger partial charge in [0.1, 0.15) is 5.69 Å². The van der Waals surface area contributed by atoms with E-state index in [1.807, 2.05) is 0 Å². The van der Waals surface area contributed by atoms with Crippen molar-refractivity contribution in [3.8, 4) is 0 Å². The minimum Gasteiger partial charge on any atom is -0.465 e. The van der Waals surface area contributed by atoms with E-state index in [0.717, 1.165) is 0 Å². The van der Waals surface area contributed by atoms with Gasteiger partial charge in [-0.15, -0.1) is 11.6 Å². The summed E-state index contributed by atoms with van der Waals surface area (Å²) in [7, 11) is 1.26. The summed E-state index contributed by atoms with van der Waals surface area (Å²) in [5, 5.41) is 5.42. The molecule has 0 saturated heterocycles. The Morgan fingerprint density at radius 1 is 1.14 bits per heavy atom. The third kappa shape index (κ3) is 5.55. The number of anilines is 1. The quantitative estimate of drug-likeness (QED) is 0.355. The van der Waals surface area contributed by atoms with E-state index in [0.29, 0.717) is 40.3 Å². The van der Waals surface area contributed by atoms with Gasteiger partial charge in [-0.25, -0.2) is 9.78 Å². The van der Waals surface area contributed by atoms with Crippen LogP contribution in [0.1, 0.15) is 48.9 Å². The molecule has 0 aliphatic heterocycles. The first-order valence-electron chi connectivity index (χ1n) is 8.80. The van der Waals surface area contributed by atoms with Crippen molar-refractivity contribution in [2.45, 2.75) is 20.3 Å². The molecule has 0 bridgehead atoms. The van der Waals surface area contributed by atoms with Crippen molar-refractivity contribution in [2.75, 3.05) is 24.9 Å². The number of carbonyl (C=O) groups excluding carboxylic acids is 3. The molecule has 1 aromatic carbocycles. The molecule has 0 fully saturated rings. The van der Waals surface area contributed by atoms with Crippen molar-refractivity contribution < 1.29 is 19.1 Å². The van der Waals surface area contributed by atoms with Crippen LogP contribution < -0.4 is 10.6 Å². The highest BCUT2D eigenvalue weighted by Crippen LogP contribution is 2.29. The van der Waals surface area contributed by atoms with Crippen molar-refractivity contribution >= 4 is 51.0 Å². The van der Waals surface area contributed by atoms with E-state index >= 15 is 0 Å². The minimum atomic E-state index is -0.600. The fourth-order valence-electron chi connectivity index (χ4n) is 2.59. The summed E-state index contributed by atoms with van der Waals surface area (Å²) < 4.78 is 5.30. The van der Waals surface area contributed by atoms with Gasteiger partial charge < -0.3 is 15.4 Å². The number of hydrogen-bond donors (Lipinski definition) is 2. The molecule has 0 spiro atoms. The SMILES string of the molecule is COC(=O)c1c(Br)ccc(C)c1NC(=O)c1ccc(C)nc1C(=O)NCCCCl. The van der Waals surface area contributed by atoms with Crippen molar-refractivity contribution in [3.63, 3.8) is 0 Å². The highest BCUT2D eigenvalue weighted by molar-refractivity contribution is 9.10. The summed E-state index contributed by atoms with van der Waals surface area (Å²) >= 11 is 8.95. The second-order valence-corrected chi connectivity index (χ2v) is 7.44. The van der Waals surface area contributed by atoms with Gasteiger partial charge in [-0.1, -0.05) is 6.07 Å². The van der Waals surface area contributed by atoms with Crippen LogP contribution in [-0.2, 0) is 4.74 Å². The molecule has 0 saturated carbocycles. The standard InChI is InChI=1S/C20H21BrClN3O4/c1-11-5-8-14(21)15(20(28)29-3)16(11)25-18(26)13-7-6-12(2)24-17(13)19(27)23-10-4-9-22/h5-8H,4,9-10H2,1-3H3,(H,23,27)(H,25,26). The molecule has 1 aromatic heterocycles. The Balaban J connectivity index is 2.41. The predicted octanol–water partition coefficient (Wildman–Crippen LogP) is 3.86. The maximum Gasteiger partial charge on any atom is 0.341 e. The molecule has 0 aliphatic rings. The first-order valence-corrected chi connectivity index (χ1v) is 10.1. The fraction of sp³-hybridized carbons (Fsp3) is 0.300. The number of halogens is 2. The van der Waals surface area contributed by atoms with Gasteiger partial charge in [0.2, 0.25) is 0 Å². The van der Waals surface area contributed by atoms with Crippen molar-refractivity contribution in [1.82, 2.24) is 10.3 Å². The molecule has 0 unspecified atom stereocenters. The second kappa shape index (κ2) is 10.4. The molecule has 9 heteroatoms. The number of aromatic nitrogens is 1. The van der Waals surface area contributed by atoms with Crippen molar-refractivity contribution in [1.29, 1.82) is 0 Å². The van der Waals surface area contributed by atoms with E-state index in [1.165, 1.54) is 13.2 Å². The number of amides is 2. The summed E-state index contributed by atoms with van der Waals surface area (Å²) in [5.41, 5.74) is 1.84. The lowest BCUT2D eigenvalue weighted by Crippen LogP contribution is -2.29. The van der Waals surface area contributed by atoms with Crippen LogP contribution in [0.15, 0.2) is 28.7 Å². The molecule has 2 aromatic rings. The average Bonchev–Trinajstić information content (AvgIpc) is 2.70. The molecular formula is C20H21BrClN3O4. The summed E-state index contributed by atoms with van der Waals surface area (Å²) in [6.07, 6.45) is 0.598. The van der Waals surface area contributed by atoms with Gasteiger partial charge in [0.15, 0.2) is 0 Å². The Bertz CT molecular complexity index is 950. The van der Waals surface area contributed by atoms with Gasteiger partial charge >= 0.3 is 5.97 Å². The second-order valence-electron chi connectivity index (χ2n) is 6.21. The van der Waals surface area contributed by atoms with E-state index in [4.69, 9.17) is 16.3 Å². The number of rotatable bonds is 7. The summed E-state index contributed by atoms with van der Waals surface area (Å²) in [6, 6.07) is 6.61. The smallest absolute Gasteiger partial charge is 0.341 e. The molecule has 2 N–H and O–H groups in total. The number of pyridine rings is 1. The van der Waals surface area contributed by atoms with Crippen LogP contribution >= 0.6 is 27.5 Å². The predicted molar refractivity (Wildman–Crippen MR) is 115 cm³/mol. The van der Waals surface area contributed by atoms with Gasteiger partial charge in [0.05, 0.1) is 23.9 Å². The number of nitrogens with zero attached hydrogens (tertiary/aromatic N) is 1. The molecule has 2 rings (SSSR count). The van der Waals surface area contributed by atoms with Gasteiger partial charge in [-0.05, 0) is 60.0 Å². The van der Waals surface area contributed by atoms with Gasteiger partial charge in [-0.3, -0.25) is 9.59 Å². The lowest BCUT2D eigenvalue weighted by atomic mass is 10.1. The van der Waals surface area contributed by atoms with Crippen LogP contribution in [0, 0.1) is 13.8 Å². The Hall–Kier alpha value is -2.45. The zero-order valence-electron chi connectivity index (χ0n) is 16.3. The number of esters is 1. The van der Waals surface area contributed by atoms with Gasteiger partial charge in [-0.2, -0.15) is 0 Å². The number of ether oxygens (including phenoxy) is 1. The molecule has 2 amide bonds. The van der Waals surface area contributed by atoms with E-state index < -0.39 is 17.8 Å². The lowest BCUT2D eigenvalue weighted by molar-refractivity contribution is 0.0600. The molecule has 29 heavy (non-hydrogen) atoms. The Morgan fingerprint density at radius 2 is 1.86 bits per heavy atom. The molecule has 0 atom stereocenters. The number of alkyl halides is 1. The molecule has 1 heterocycles. The maximum absolute atomic E-state index is 13.0. The summed E-state index contributed by atoms with van der Waals surface area (Å²) in [5.74, 6) is -1.22. The van der Waals surface area contributed by atoms with E-state index in [2.05, 4.69) is 31.5 Å². The van der Waals surface area contributed by atoms with Crippen LogP contribution in [-0.4, -0.2) is 42.3 Å². The minimum absolute atomic E-state index is 0.00402. The van der Waals surface area contributed by atoms with E-state index in [-0.39, 0.29) is 16.8 Å². The summed E-state index contributed by atoms with van der Waals surface area (Å²) in [6.45, 7) is 3.85. The first-order chi connectivity index (χ1) is 13.8. The van der Waals surface area contributed by atoms with Crippen molar-refractivity contribution in [3.05, 3.63) is 56.8 Å². The van der Waals surface area contributed by atoms with Crippen LogP contribution in [0.2, 0.25) is 0 Å². The molecule has 0 radical (unpaired) electrons. The fourth-order valence-corrected chi connectivity index (χ4v) is 3.22. The van der Waals surface area contributed by atoms with Crippen molar-refractivity contribution in [2.24, 2.45) is 0 Å². The first kappa shape index (κ1) is 22.8. The van der Waals surface area contributed by atoms with E-state index in [1.54, 1.807) is 32.0 Å². The van der Waals surface area contributed by atoms with E-state index in [9.17, 15) is 14.4 Å². The third-order valence-corrected chi connectivity index (χ3v) is 5.01.